The number of oxime groups is 1. The summed E-state index contributed by atoms with van der Waals surface area (Å²) in [5, 5.41) is 6.60. The molecule has 0 atom stereocenters. The standard InChI is InChI=1S/C22H20N2O3/c1-26-21-10-6-5-9-19(21)15-23-27-16-22(25)24-20-13-11-18(12-14-20)17-7-3-2-4-8-17/h2-15H,16H2,1H3,(H,24,25)/b23-15-. The van der Waals surface area contributed by atoms with E-state index in [2.05, 4.69) is 10.5 Å². The molecule has 0 aliphatic rings. The van der Waals surface area contributed by atoms with Crippen LogP contribution in [-0.4, -0.2) is 25.8 Å². The van der Waals surface area contributed by atoms with E-state index < -0.39 is 0 Å². The molecule has 0 saturated carbocycles. The number of ether oxygens (including phenoxy) is 1. The van der Waals surface area contributed by atoms with Crippen molar-refractivity contribution in [3.63, 3.8) is 0 Å². The molecule has 1 N–H and O–H groups in total. The van der Waals surface area contributed by atoms with Crippen LogP contribution in [0.4, 0.5) is 5.69 Å². The first-order chi connectivity index (χ1) is 13.3. The fourth-order valence-electron chi connectivity index (χ4n) is 2.54. The largest absolute Gasteiger partial charge is 0.496 e. The van der Waals surface area contributed by atoms with Gasteiger partial charge in [-0.3, -0.25) is 4.79 Å². The summed E-state index contributed by atoms with van der Waals surface area (Å²) in [5.41, 5.74) is 3.70. The molecule has 0 heterocycles. The molecule has 0 bridgehead atoms. The minimum absolute atomic E-state index is 0.175. The molecule has 136 valence electrons. The average Bonchev–Trinajstić information content (AvgIpc) is 2.73. The van der Waals surface area contributed by atoms with Gasteiger partial charge in [-0.2, -0.15) is 0 Å². The van der Waals surface area contributed by atoms with E-state index in [0.717, 1.165) is 16.7 Å². The van der Waals surface area contributed by atoms with Crippen molar-refractivity contribution in [3.05, 3.63) is 84.4 Å². The zero-order valence-electron chi connectivity index (χ0n) is 15.0. The van der Waals surface area contributed by atoms with Gasteiger partial charge in [0.25, 0.3) is 5.91 Å². The third-order valence-corrected chi connectivity index (χ3v) is 3.88. The number of hydrogen-bond donors (Lipinski definition) is 1. The number of para-hydroxylation sites is 1. The van der Waals surface area contributed by atoms with Crippen molar-refractivity contribution < 1.29 is 14.4 Å². The maximum atomic E-state index is 12.0. The van der Waals surface area contributed by atoms with Gasteiger partial charge in [-0.25, -0.2) is 0 Å². The summed E-state index contributed by atoms with van der Waals surface area (Å²) in [6.45, 7) is -0.175. The van der Waals surface area contributed by atoms with Gasteiger partial charge in [0.2, 0.25) is 0 Å². The number of methoxy groups -OCH3 is 1. The number of nitrogens with one attached hydrogen (secondary N) is 1. The molecule has 0 aliphatic carbocycles. The summed E-state index contributed by atoms with van der Waals surface area (Å²) in [6, 6.07) is 25.1. The molecule has 3 aromatic carbocycles. The zero-order chi connectivity index (χ0) is 18.9. The zero-order valence-corrected chi connectivity index (χ0v) is 15.0. The first-order valence-corrected chi connectivity index (χ1v) is 8.50. The highest BCUT2D eigenvalue weighted by atomic mass is 16.6. The summed E-state index contributed by atoms with van der Waals surface area (Å²) < 4.78 is 5.22. The van der Waals surface area contributed by atoms with E-state index in [1.807, 2.05) is 78.9 Å². The molecule has 0 spiro atoms. The van der Waals surface area contributed by atoms with E-state index >= 15 is 0 Å². The van der Waals surface area contributed by atoms with Crippen LogP contribution in [-0.2, 0) is 9.63 Å². The predicted molar refractivity (Wildman–Crippen MR) is 107 cm³/mol. The lowest BCUT2D eigenvalue weighted by Gasteiger charge is -2.06. The van der Waals surface area contributed by atoms with E-state index in [0.29, 0.717) is 11.4 Å². The van der Waals surface area contributed by atoms with Crippen molar-refractivity contribution in [1.82, 2.24) is 0 Å². The minimum atomic E-state index is -0.278. The molecule has 3 aromatic rings. The normalized spacial score (nSPS) is 10.6. The number of nitrogens with zero attached hydrogens (tertiary/aromatic N) is 1. The van der Waals surface area contributed by atoms with Gasteiger partial charge in [0, 0.05) is 11.3 Å². The predicted octanol–water partition coefficient (Wildman–Crippen LogP) is 4.35. The summed E-state index contributed by atoms with van der Waals surface area (Å²) in [4.78, 5) is 17.0. The number of carbonyl (C=O) groups excluding carboxylic acids is 1. The van der Waals surface area contributed by atoms with Gasteiger partial charge in [-0.15, -0.1) is 0 Å². The quantitative estimate of drug-likeness (QED) is 0.503. The highest BCUT2D eigenvalue weighted by Gasteiger charge is 2.04. The lowest BCUT2D eigenvalue weighted by molar-refractivity contribution is -0.120. The first-order valence-electron chi connectivity index (χ1n) is 8.50. The Morgan fingerprint density at radius 1 is 0.926 bits per heavy atom. The SMILES string of the molecule is COc1ccccc1/C=N\OCC(=O)Nc1ccc(-c2ccccc2)cc1. The smallest absolute Gasteiger partial charge is 0.265 e. The summed E-state index contributed by atoms with van der Waals surface area (Å²) >= 11 is 0. The third-order valence-electron chi connectivity index (χ3n) is 3.88. The Kier molecular flexibility index (Phi) is 6.20. The molecular formula is C22H20N2O3. The van der Waals surface area contributed by atoms with Crippen molar-refractivity contribution >= 4 is 17.8 Å². The van der Waals surface area contributed by atoms with Crippen molar-refractivity contribution in [1.29, 1.82) is 0 Å². The molecule has 0 radical (unpaired) electrons. The summed E-state index contributed by atoms with van der Waals surface area (Å²) in [5.74, 6) is 0.410. The molecule has 5 heteroatoms. The van der Waals surface area contributed by atoms with Crippen molar-refractivity contribution in [2.75, 3.05) is 19.0 Å². The number of hydrogen-bond acceptors (Lipinski definition) is 4. The average molecular weight is 360 g/mol. The van der Waals surface area contributed by atoms with Crippen LogP contribution in [0.25, 0.3) is 11.1 Å². The Labute approximate surface area is 158 Å². The number of amides is 1. The van der Waals surface area contributed by atoms with Crippen LogP contribution in [0.15, 0.2) is 84.0 Å². The number of anilines is 1. The molecular weight excluding hydrogens is 340 g/mol. The van der Waals surface area contributed by atoms with Crippen LogP contribution in [0, 0.1) is 0 Å². The maximum absolute atomic E-state index is 12.0. The molecule has 3 rings (SSSR count). The number of benzene rings is 3. The second kappa shape index (κ2) is 9.20. The van der Waals surface area contributed by atoms with Gasteiger partial charge in [0.05, 0.1) is 13.3 Å². The maximum Gasteiger partial charge on any atom is 0.265 e. The first kappa shape index (κ1) is 18.2. The van der Waals surface area contributed by atoms with Crippen molar-refractivity contribution in [2.45, 2.75) is 0 Å². The van der Waals surface area contributed by atoms with Gasteiger partial charge < -0.3 is 14.9 Å². The summed E-state index contributed by atoms with van der Waals surface area (Å²) in [7, 11) is 1.59. The van der Waals surface area contributed by atoms with Gasteiger partial charge in [-0.05, 0) is 35.4 Å². The fourth-order valence-corrected chi connectivity index (χ4v) is 2.54. The van der Waals surface area contributed by atoms with Gasteiger partial charge in [0.15, 0.2) is 6.61 Å². The van der Waals surface area contributed by atoms with Gasteiger partial charge >= 0.3 is 0 Å². The Balaban J connectivity index is 1.50. The van der Waals surface area contributed by atoms with Crippen LogP contribution in [0.2, 0.25) is 0 Å². The molecule has 0 fully saturated rings. The molecule has 0 aliphatic heterocycles. The van der Waals surface area contributed by atoms with Gasteiger partial charge in [-0.1, -0.05) is 59.8 Å². The number of carbonyl (C=O) groups is 1. The molecule has 0 saturated heterocycles. The third kappa shape index (κ3) is 5.19. The topological polar surface area (TPSA) is 59.9 Å². The van der Waals surface area contributed by atoms with Crippen molar-refractivity contribution in [3.8, 4) is 16.9 Å². The Morgan fingerprint density at radius 2 is 1.59 bits per heavy atom. The Bertz CT molecular complexity index is 906. The second-order valence-electron chi connectivity index (χ2n) is 5.74. The second-order valence-corrected chi connectivity index (χ2v) is 5.74. The highest BCUT2D eigenvalue weighted by Crippen LogP contribution is 2.21. The fraction of sp³-hybridized carbons (Fsp3) is 0.0909. The van der Waals surface area contributed by atoms with Crippen LogP contribution < -0.4 is 10.1 Å². The van der Waals surface area contributed by atoms with Crippen LogP contribution in [0.1, 0.15) is 5.56 Å². The molecule has 0 aromatic heterocycles. The lowest BCUT2D eigenvalue weighted by Crippen LogP contribution is -2.16. The summed E-state index contributed by atoms with van der Waals surface area (Å²) in [6.07, 6.45) is 1.51. The molecule has 1 amide bonds. The molecule has 27 heavy (non-hydrogen) atoms. The van der Waals surface area contributed by atoms with E-state index in [9.17, 15) is 4.79 Å². The minimum Gasteiger partial charge on any atom is -0.496 e. The van der Waals surface area contributed by atoms with Crippen LogP contribution in [0.3, 0.4) is 0 Å². The molecule has 5 nitrogen and oxygen atoms in total. The van der Waals surface area contributed by atoms with Gasteiger partial charge in [0.1, 0.15) is 5.75 Å². The van der Waals surface area contributed by atoms with Crippen LogP contribution in [0.5, 0.6) is 5.75 Å². The Hall–Kier alpha value is -3.60. The van der Waals surface area contributed by atoms with Crippen LogP contribution >= 0.6 is 0 Å². The Morgan fingerprint density at radius 3 is 2.33 bits per heavy atom. The van der Waals surface area contributed by atoms with E-state index in [1.165, 1.54) is 6.21 Å². The van der Waals surface area contributed by atoms with E-state index in [4.69, 9.17) is 9.57 Å². The van der Waals surface area contributed by atoms with Crippen molar-refractivity contribution in [2.24, 2.45) is 5.16 Å². The number of rotatable bonds is 7. The highest BCUT2D eigenvalue weighted by molar-refractivity contribution is 5.92. The monoisotopic (exact) mass is 360 g/mol. The lowest BCUT2D eigenvalue weighted by atomic mass is 10.1. The van der Waals surface area contributed by atoms with E-state index in [1.54, 1.807) is 7.11 Å². The van der Waals surface area contributed by atoms with E-state index in [-0.39, 0.29) is 12.5 Å². The molecule has 0 unspecified atom stereocenters.